The van der Waals surface area contributed by atoms with Crippen molar-refractivity contribution >= 4 is 22.4 Å². The summed E-state index contributed by atoms with van der Waals surface area (Å²) in [5.41, 5.74) is 0.424. The molecule has 2 atom stereocenters. The van der Waals surface area contributed by atoms with Crippen LogP contribution in [0.5, 0.6) is 11.5 Å². The molecular weight excluding hydrogens is 346 g/mol. The van der Waals surface area contributed by atoms with Crippen LogP contribution in [0.15, 0.2) is 35.2 Å². The Morgan fingerprint density at radius 1 is 1.09 bits per heavy atom. The third-order valence-corrected chi connectivity index (χ3v) is 5.66. The van der Waals surface area contributed by atoms with Gasteiger partial charge in [-0.3, -0.25) is 4.21 Å². The summed E-state index contributed by atoms with van der Waals surface area (Å²) < 4.78 is 50.0. The van der Waals surface area contributed by atoms with Crippen molar-refractivity contribution in [2.24, 2.45) is 0 Å². The summed E-state index contributed by atoms with van der Waals surface area (Å²) in [5, 5.41) is -0.285. The van der Waals surface area contributed by atoms with Crippen molar-refractivity contribution in [1.82, 2.24) is 0 Å². The Kier molecular flexibility index (Phi) is 4.55. The highest BCUT2D eigenvalue weighted by Crippen LogP contribution is 2.39. The van der Waals surface area contributed by atoms with Crippen LogP contribution in [-0.2, 0) is 10.8 Å². The number of benzene rings is 2. The molecule has 0 unspecified atom stereocenters. The lowest BCUT2D eigenvalue weighted by Gasteiger charge is -2.20. The molecule has 7 heteroatoms. The van der Waals surface area contributed by atoms with Gasteiger partial charge in [-0.05, 0) is 24.6 Å². The van der Waals surface area contributed by atoms with Crippen molar-refractivity contribution < 1.29 is 22.5 Å². The zero-order valence-electron chi connectivity index (χ0n) is 12.1. The zero-order valence-corrected chi connectivity index (χ0v) is 13.7. The predicted molar refractivity (Wildman–Crippen MR) is 83.6 cm³/mol. The van der Waals surface area contributed by atoms with Gasteiger partial charge in [0.25, 0.3) is 0 Å². The standard InChI is InChI=1S/C16H13ClF2O3S/c1-9(10-2-3-12(18)13(19)6-10)23(20)16-8-15-14(7-11(16)17)21-4-5-22-15/h2-3,6-9H,4-5H2,1H3/t9-,23-/m1/s1. The van der Waals surface area contributed by atoms with Gasteiger partial charge in [-0.2, -0.15) is 0 Å². The summed E-state index contributed by atoms with van der Waals surface area (Å²) >= 11 is 6.18. The number of rotatable bonds is 3. The number of fused-ring (bicyclic) bond motifs is 1. The maximum Gasteiger partial charge on any atom is 0.162 e. The predicted octanol–water partition coefficient (Wildman–Crippen LogP) is 4.26. The average Bonchev–Trinajstić information content (AvgIpc) is 2.55. The van der Waals surface area contributed by atoms with E-state index < -0.39 is 27.7 Å². The van der Waals surface area contributed by atoms with Crippen LogP contribution < -0.4 is 9.47 Å². The van der Waals surface area contributed by atoms with Crippen molar-refractivity contribution in [2.45, 2.75) is 17.1 Å². The van der Waals surface area contributed by atoms with Gasteiger partial charge < -0.3 is 9.47 Å². The van der Waals surface area contributed by atoms with Gasteiger partial charge in [-0.1, -0.05) is 17.7 Å². The summed E-state index contributed by atoms with van der Waals surface area (Å²) in [6, 6.07) is 6.60. The zero-order chi connectivity index (χ0) is 16.6. The second-order valence-electron chi connectivity index (χ2n) is 5.04. The molecule has 0 spiro atoms. The molecule has 23 heavy (non-hydrogen) atoms. The molecule has 0 fully saturated rings. The van der Waals surface area contributed by atoms with E-state index in [0.717, 1.165) is 12.1 Å². The Labute approximate surface area is 139 Å². The van der Waals surface area contributed by atoms with E-state index >= 15 is 0 Å². The molecule has 0 amide bonds. The van der Waals surface area contributed by atoms with Crippen LogP contribution in [0.25, 0.3) is 0 Å². The number of halogens is 3. The lowest BCUT2D eigenvalue weighted by Crippen LogP contribution is -2.16. The van der Waals surface area contributed by atoms with Crippen LogP contribution in [0, 0.1) is 11.6 Å². The van der Waals surface area contributed by atoms with Crippen LogP contribution in [0.4, 0.5) is 8.78 Å². The third-order valence-electron chi connectivity index (χ3n) is 3.55. The fraction of sp³-hybridized carbons (Fsp3) is 0.250. The van der Waals surface area contributed by atoms with Crippen molar-refractivity contribution in [3.63, 3.8) is 0 Å². The Bertz CT molecular complexity index is 782. The molecule has 1 aliphatic rings. The minimum atomic E-state index is -1.56. The van der Waals surface area contributed by atoms with E-state index in [0.29, 0.717) is 35.2 Å². The Morgan fingerprint density at radius 2 is 1.74 bits per heavy atom. The molecule has 0 aromatic heterocycles. The van der Waals surface area contributed by atoms with Crippen LogP contribution >= 0.6 is 11.6 Å². The minimum Gasteiger partial charge on any atom is -0.486 e. The summed E-state index contributed by atoms with van der Waals surface area (Å²) in [4.78, 5) is 0.369. The topological polar surface area (TPSA) is 35.5 Å². The van der Waals surface area contributed by atoms with E-state index in [9.17, 15) is 13.0 Å². The summed E-state index contributed by atoms with van der Waals surface area (Å²) in [7, 11) is -1.56. The average molecular weight is 359 g/mol. The molecule has 2 aromatic rings. The Balaban J connectivity index is 1.94. The van der Waals surface area contributed by atoms with Gasteiger partial charge in [0.1, 0.15) is 13.2 Å². The Morgan fingerprint density at radius 3 is 2.39 bits per heavy atom. The molecular formula is C16H13ClF2O3S. The molecule has 0 bridgehead atoms. The smallest absolute Gasteiger partial charge is 0.162 e. The SMILES string of the molecule is C[C@H](c1ccc(F)c(F)c1)[S@@](=O)c1cc2c(cc1Cl)OCCO2. The van der Waals surface area contributed by atoms with E-state index in [-0.39, 0.29) is 5.02 Å². The third kappa shape index (κ3) is 3.19. The maximum atomic E-state index is 13.4. The molecule has 0 radical (unpaired) electrons. The lowest BCUT2D eigenvalue weighted by atomic mass is 10.1. The summed E-state index contributed by atoms with van der Waals surface area (Å²) in [6.07, 6.45) is 0. The number of ether oxygens (including phenoxy) is 2. The highest BCUT2D eigenvalue weighted by molar-refractivity contribution is 7.85. The highest BCUT2D eigenvalue weighted by atomic mass is 35.5. The molecule has 1 heterocycles. The fourth-order valence-electron chi connectivity index (χ4n) is 2.28. The van der Waals surface area contributed by atoms with Crippen molar-refractivity contribution in [3.8, 4) is 11.5 Å². The molecule has 122 valence electrons. The van der Waals surface area contributed by atoms with Gasteiger partial charge >= 0.3 is 0 Å². The van der Waals surface area contributed by atoms with Crippen LogP contribution in [-0.4, -0.2) is 17.4 Å². The van der Waals surface area contributed by atoms with Gasteiger partial charge in [0.05, 0.1) is 26.0 Å². The van der Waals surface area contributed by atoms with E-state index in [4.69, 9.17) is 21.1 Å². The largest absolute Gasteiger partial charge is 0.486 e. The quantitative estimate of drug-likeness (QED) is 0.822. The molecule has 3 nitrogen and oxygen atoms in total. The molecule has 3 rings (SSSR count). The van der Waals surface area contributed by atoms with E-state index in [1.165, 1.54) is 6.07 Å². The molecule has 2 aromatic carbocycles. The van der Waals surface area contributed by atoms with Gasteiger partial charge in [0, 0.05) is 12.1 Å². The first-order chi connectivity index (χ1) is 11.0. The van der Waals surface area contributed by atoms with Crippen molar-refractivity contribution in [2.75, 3.05) is 13.2 Å². The van der Waals surface area contributed by atoms with Crippen LogP contribution in [0.2, 0.25) is 5.02 Å². The van der Waals surface area contributed by atoms with Gasteiger partial charge in [-0.15, -0.1) is 0 Å². The monoisotopic (exact) mass is 358 g/mol. The number of hydrogen-bond acceptors (Lipinski definition) is 3. The first kappa shape index (κ1) is 16.2. The molecule has 1 aliphatic heterocycles. The van der Waals surface area contributed by atoms with Crippen LogP contribution in [0.1, 0.15) is 17.7 Å². The first-order valence-corrected chi connectivity index (χ1v) is 8.51. The van der Waals surface area contributed by atoms with E-state index in [1.807, 2.05) is 0 Å². The molecule has 0 saturated carbocycles. The van der Waals surface area contributed by atoms with E-state index in [2.05, 4.69) is 0 Å². The van der Waals surface area contributed by atoms with Gasteiger partial charge in [-0.25, -0.2) is 8.78 Å². The molecule has 0 saturated heterocycles. The Hall–Kier alpha value is -1.66. The molecule has 0 N–H and O–H groups in total. The fourth-order valence-corrected chi connectivity index (χ4v) is 3.91. The van der Waals surface area contributed by atoms with Gasteiger partial charge in [0.15, 0.2) is 23.1 Å². The summed E-state index contributed by atoms with van der Waals surface area (Å²) in [5.74, 6) is -0.937. The van der Waals surface area contributed by atoms with Crippen LogP contribution in [0.3, 0.4) is 0 Å². The minimum absolute atomic E-state index is 0.280. The normalized spacial score (nSPS) is 16.0. The van der Waals surface area contributed by atoms with E-state index in [1.54, 1.807) is 19.1 Å². The first-order valence-electron chi connectivity index (χ1n) is 6.92. The second kappa shape index (κ2) is 6.45. The van der Waals surface area contributed by atoms with Crippen molar-refractivity contribution in [1.29, 1.82) is 0 Å². The number of hydrogen-bond donors (Lipinski definition) is 0. The van der Waals surface area contributed by atoms with Gasteiger partial charge in [0.2, 0.25) is 0 Å². The van der Waals surface area contributed by atoms with Crippen molar-refractivity contribution in [3.05, 3.63) is 52.6 Å². The molecule has 0 aliphatic carbocycles. The summed E-state index contributed by atoms with van der Waals surface area (Å²) in [6.45, 7) is 2.49. The second-order valence-corrected chi connectivity index (χ2v) is 7.19. The highest BCUT2D eigenvalue weighted by Gasteiger charge is 2.23. The lowest BCUT2D eigenvalue weighted by molar-refractivity contribution is 0.171. The maximum absolute atomic E-state index is 13.4.